The third-order valence-electron chi connectivity index (χ3n) is 12.2. The van der Waals surface area contributed by atoms with Crippen molar-refractivity contribution in [2.75, 3.05) is 0 Å². The van der Waals surface area contributed by atoms with Gasteiger partial charge in [-0.3, -0.25) is 0 Å². The zero-order chi connectivity index (χ0) is 39.9. The fraction of sp³-hybridized carbons (Fsp3) is 0.327. The van der Waals surface area contributed by atoms with Gasteiger partial charge in [-0.05, 0) is 0 Å². The van der Waals surface area contributed by atoms with Crippen LogP contribution in [0.1, 0.15) is 134 Å². The first-order chi connectivity index (χ1) is 26.3. The standard InChI is InChI=1S/C29H41.C21H14.C5H5.Zr/c1-26(2,3)22-14-18-13-19-15-23(27(4,5)6)25(29(10,11)12)17-21(19)20(18)16-24(22)28(7,8)9;1-3-7-20-14-16(9-11-18(20)5-1)13-17-10-12-19-6-2-4-8-21(19)15-17;1-2-4-5-3-1;/h14,16-17H,13H2,1-12H3;1-12,14-15H;1-3H,4H2;. The summed E-state index contributed by atoms with van der Waals surface area (Å²) < 4.78 is 4.99. The molecule has 0 nitrogen and oxygen atoms in total. The molecule has 2 aliphatic rings. The summed E-state index contributed by atoms with van der Waals surface area (Å²) in [6.45, 7) is 29.2. The Morgan fingerprint density at radius 2 is 1.00 bits per heavy atom. The fourth-order valence-electron chi connectivity index (χ4n) is 9.49. The van der Waals surface area contributed by atoms with Gasteiger partial charge in [0.1, 0.15) is 0 Å². The molecule has 0 N–H and O–H groups in total. The number of hydrogen-bond donors (Lipinski definition) is 0. The molecule has 1 heteroatoms. The molecule has 0 bridgehead atoms. The van der Waals surface area contributed by atoms with Crippen molar-refractivity contribution in [3.05, 3.63) is 169 Å². The van der Waals surface area contributed by atoms with Crippen molar-refractivity contribution < 1.29 is 21.3 Å². The molecule has 284 valence electrons. The van der Waals surface area contributed by atoms with Crippen LogP contribution in [0.15, 0.2) is 125 Å². The minimum absolute atomic E-state index is 0.0318. The first kappa shape index (κ1) is 38.9. The molecule has 0 saturated heterocycles. The first-order valence-corrected chi connectivity index (χ1v) is 24.5. The average Bonchev–Trinajstić information content (AvgIpc) is 3.79. The van der Waals surface area contributed by atoms with E-state index >= 15 is 0 Å². The van der Waals surface area contributed by atoms with E-state index in [-0.39, 0.29) is 21.7 Å². The molecule has 0 spiro atoms. The zero-order valence-electron chi connectivity index (χ0n) is 36.0. The van der Waals surface area contributed by atoms with E-state index in [0.717, 1.165) is 12.8 Å². The van der Waals surface area contributed by atoms with Crippen LogP contribution in [-0.2, 0) is 49.3 Å². The zero-order valence-corrected chi connectivity index (χ0v) is 38.4. The molecule has 0 aromatic heterocycles. The molecule has 6 aromatic rings. The maximum absolute atomic E-state index is 3.09. The van der Waals surface area contributed by atoms with E-state index in [0.29, 0.717) is 0 Å². The molecule has 6 aromatic carbocycles. The van der Waals surface area contributed by atoms with Gasteiger partial charge in [-0.1, -0.05) is 0 Å². The van der Waals surface area contributed by atoms with Crippen molar-refractivity contribution >= 4 is 28.0 Å². The summed E-state index contributed by atoms with van der Waals surface area (Å²) in [4.78, 5) is 0. The summed E-state index contributed by atoms with van der Waals surface area (Å²) in [5, 5.41) is 5.22. The van der Waals surface area contributed by atoms with Crippen molar-refractivity contribution in [1.82, 2.24) is 0 Å². The third kappa shape index (κ3) is 7.02. The Morgan fingerprint density at radius 3 is 1.48 bits per heavy atom. The second kappa shape index (κ2) is 13.9. The van der Waals surface area contributed by atoms with Crippen molar-refractivity contribution in [3.63, 3.8) is 0 Å². The van der Waals surface area contributed by atoms with Gasteiger partial charge in [0.05, 0.1) is 0 Å². The number of allylic oxidation sites excluding steroid dienone is 4. The molecular weight excluding hydrogens is 752 g/mol. The van der Waals surface area contributed by atoms with Crippen LogP contribution < -0.4 is 3.27 Å². The summed E-state index contributed by atoms with van der Waals surface area (Å²) in [5.74, 6) is 0. The number of hydrogen-bond acceptors (Lipinski definition) is 0. The van der Waals surface area contributed by atoms with Crippen LogP contribution in [-0.4, -0.2) is 3.21 Å². The van der Waals surface area contributed by atoms with E-state index in [1.165, 1.54) is 66.1 Å². The van der Waals surface area contributed by atoms with E-state index in [1.807, 2.05) is 0 Å². The summed E-state index contributed by atoms with van der Waals surface area (Å²) in [6, 6.07) is 40.3. The summed E-state index contributed by atoms with van der Waals surface area (Å²) in [6.07, 6.45) is 9.32. The Bertz CT molecular complexity index is 2560. The van der Waals surface area contributed by atoms with E-state index in [4.69, 9.17) is 0 Å². The Hall–Kier alpha value is -3.93. The summed E-state index contributed by atoms with van der Waals surface area (Å²) >= 11 is -3.09. The predicted octanol–water partition coefficient (Wildman–Crippen LogP) is 14.1. The fourth-order valence-corrected chi connectivity index (χ4v) is 18.5. The predicted molar refractivity (Wildman–Crippen MR) is 242 cm³/mol. The Labute approximate surface area is 344 Å². The van der Waals surface area contributed by atoms with Gasteiger partial charge in [-0.2, -0.15) is 0 Å². The molecule has 0 atom stereocenters. The van der Waals surface area contributed by atoms with E-state index < -0.39 is 21.3 Å². The van der Waals surface area contributed by atoms with E-state index in [9.17, 15) is 0 Å². The summed E-state index contributed by atoms with van der Waals surface area (Å²) in [7, 11) is 0. The SMILES string of the molecule is CC(C)(C)c1cc2c(cc1C(C)(C)C)-c1cc(C(C)(C)C)c(C(C)(C)C)[c]([Zr]([C]3=CC=CC3)=[C](c3ccc4ccccc4c3)c3ccc4ccccc4c3)c1C2. The van der Waals surface area contributed by atoms with Gasteiger partial charge < -0.3 is 0 Å². The van der Waals surface area contributed by atoms with Gasteiger partial charge in [0.25, 0.3) is 0 Å². The van der Waals surface area contributed by atoms with Crippen LogP contribution in [0, 0.1) is 0 Å². The second-order valence-corrected chi connectivity index (χ2v) is 26.5. The molecule has 8 rings (SSSR count). The van der Waals surface area contributed by atoms with Crippen LogP contribution in [0.4, 0.5) is 0 Å². The van der Waals surface area contributed by atoms with E-state index in [2.05, 4.69) is 204 Å². The molecule has 0 radical (unpaired) electrons. The van der Waals surface area contributed by atoms with Gasteiger partial charge >= 0.3 is 347 Å². The molecule has 0 amide bonds. The molecular formula is C55H60Zr. The third-order valence-corrected chi connectivity index (χ3v) is 19.9. The monoisotopic (exact) mass is 810 g/mol. The molecule has 0 heterocycles. The first-order valence-electron chi connectivity index (χ1n) is 20.8. The van der Waals surface area contributed by atoms with Gasteiger partial charge in [-0.25, -0.2) is 0 Å². The van der Waals surface area contributed by atoms with Crippen LogP contribution in [0.5, 0.6) is 0 Å². The maximum atomic E-state index is 2.65. The molecule has 0 aliphatic heterocycles. The molecule has 2 aliphatic carbocycles. The van der Waals surface area contributed by atoms with Gasteiger partial charge in [0.15, 0.2) is 0 Å². The van der Waals surface area contributed by atoms with Gasteiger partial charge in [0.2, 0.25) is 0 Å². The van der Waals surface area contributed by atoms with Crippen LogP contribution >= 0.6 is 0 Å². The van der Waals surface area contributed by atoms with Gasteiger partial charge in [0, 0.05) is 0 Å². The molecule has 56 heavy (non-hydrogen) atoms. The van der Waals surface area contributed by atoms with Crippen molar-refractivity contribution in [2.45, 2.75) is 118 Å². The van der Waals surface area contributed by atoms with Crippen LogP contribution in [0.2, 0.25) is 0 Å². The second-order valence-electron chi connectivity index (χ2n) is 20.6. The van der Waals surface area contributed by atoms with Crippen molar-refractivity contribution in [1.29, 1.82) is 0 Å². The van der Waals surface area contributed by atoms with Crippen molar-refractivity contribution in [3.8, 4) is 11.1 Å². The van der Waals surface area contributed by atoms with Crippen LogP contribution in [0.25, 0.3) is 32.7 Å². The van der Waals surface area contributed by atoms with E-state index in [1.54, 1.807) is 20.9 Å². The normalized spacial score (nSPS) is 14.3. The quantitative estimate of drug-likeness (QED) is 0.166. The molecule has 0 saturated carbocycles. The Balaban J connectivity index is 1.58. The number of fused-ring (bicyclic) bond motifs is 5. The number of rotatable bonds is 4. The van der Waals surface area contributed by atoms with Crippen LogP contribution in [0.3, 0.4) is 0 Å². The number of benzene rings is 6. The molecule has 0 fully saturated rings. The topological polar surface area (TPSA) is 0 Å². The Morgan fingerprint density at radius 1 is 0.500 bits per heavy atom. The van der Waals surface area contributed by atoms with Crippen molar-refractivity contribution in [2.24, 2.45) is 0 Å². The Kier molecular flexibility index (Phi) is 9.64. The summed E-state index contributed by atoms with van der Waals surface area (Å²) in [5.41, 5.74) is 14.9. The average molecular weight is 812 g/mol. The molecule has 0 unspecified atom stereocenters. The minimum atomic E-state index is -3.09. The van der Waals surface area contributed by atoms with Gasteiger partial charge in [-0.15, -0.1) is 0 Å².